The molecule has 0 aromatic rings. The third-order valence-electron chi connectivity index (χ3n) is 0.762. The lowest BCUT2D eigenvalue weighted by molar-refractivity contribution is 0.673. The highest BCUT2D eigenvalue weighted by Crippen LogP contribution is 1.75. The van der Waals surface area contributed by atoms with Crippen LogP contribution in [0.2, 0.25) is 0 Å². The number of nitriles is 1. The van der Waals surface area contributed by atoms with Crippen LogP contribution in [0.5, 0.6) is 0 Å². The Balaban J connectivity index is 3.09. The van der Waals surface area contributed by atoms with Crippen molar-refractivity contribution < 1.29 is 4.21 Å². The molecule has 3 nitrogen and oxygen atoms in total. The Kier molecular flexibility index (Phi) is 5.48. The highest BCUT2D eigenvalue weighted by Gasteiger charge is 1.90. The Hall–Kier alpha value is -0.400. The van der Waals surface area contributed by atoms with Gasteiger partial charge in [0.1, 0.15) is 0 Å². The van der Waals surface area contributed by atoms with E-state index in [1.807, 2.05) is 13.0 Å². The second-order valence-corrected chi connectivity index (χ2v) is 2.99. The molecule has 1 N–H and O–H groups in total. The zero-order valence-electron chi connectivity index (χ0n) is 5.39. The van der Waals surface area contributed by atoms with Gasteiger partial charge < -0.3 is 0 Å². The lowest BCUT2D eigenvalue weighted by Gasteiger charge is -1.95. The topological polar surface area (TPSA) is 52.9 Å². The number of rotatable bonds is 4. The zero-order valence-corrected chi connectivity index (χ0v) is 6.20. The maximum absolute atomic E-state index is 10.6. The molecule has 0 heterocycles. The van der Waals surface area contributed by atoms with E-state index in [9.17, 15) is 4.21 Å². The molecule has 1 unspecified atom stereocenters. The van der Waals surface area contributed by atoms with Crippen LogP contribution in [-0.4, -0.2) is 16.5 Å². The molecule has 1 atom stereocenters. The molecule has 52 valence electrons. The van der Waals surface area contributed by atoms with Crippen molar-refractivity contribution in [1.82, 2.24) is 4.72 Å². The van der Waals surface area contributed by atoms with Gasteiger partial charge in [-0.05, 0) is 0 Å². The van der Waals surface area contributed by atoms with Gasteiger partial charge in [0.2, 0.25) is 0 Å². The molecule has 4 heteroatoms. The predicted octanol–water partition coefficient (Wildman–Crippen LogP) is 0.173. The van der Waals surface area contributed by atoms with Crippen molar-refractivity contribution >= 4 is 11.0 Å². The van der Waals surface area contributed by atoms with Crippen LogP contribution >= 0.6 is 0 Å². The first-order valence-corrected chi connectivity index (χ1v) is 4.12. The van der Waals surface area contributed by atoms with E-state index in [0.29, 0.717) is 18.7 Å². The third-order valence-corrected chi connectivity index (χ3v) is 1.81. The average Bonchev–Trinajstić information content (AvgIpc) is 1.89. The van der Waals surface area contributed by atoms with E-state index < -0.39 is 11.0 Å². The van der Waals surface area contributed by atoms with Gasteiger partial charge in [-0.3, -0.25) is 0 Å². The summed E-state index contributed by atoms with van der Waals surface area (Å²) in [6, 6.07) is 1.95. The van der Waals surface area contributed by atoms with Crippen molar-refractivity contribution in [2.24, 2.45) is 0 Å². The Labute approximate surface area is 57.7 Å². The predicted molar refractivity (Wildman–Crippen MR) is 36.9 cm³/mol. The Morgan fingerprint density at radius 1 is 1.78 bits per heavy atom. The van der Waals surface area contributed by atoms with Crippen LogP contribution < -0.4 is 4.72 Å². The van der Waals surface area contributed by atoms with Crippen LogP contribution in [0.1, 0.15) is 13.3 Å². The van der Waals surface area contributed by atoms with Gasteiger partial charge in [-0.2, -0.15) is 5.26 Å². The van der Waals surface area contributed by atoms with E-state index >= 15 is 0 Å². The average molecular weight is 146 g/mol. The van der Waals surface area contributed by atoms with Crippen molar-refractivity contribution in [3.05, 3.63) is 0 Å². The molecule has 0 saturated heterocycles. The van der Waals surface area contributed by atoms with E-state index in [1.54, 1.807) is 0 Å². The Morgan fingerprint density at radius 2 is 2.44 bits per heavy atom. The molecule has 0 aliphatic heterocycles. The lowest BCUT2D eigenvalue weighted by atomic mass is 10.5. The van der Waals surface area contributed by atoms with E-state index in [2.05, 4.69) is 4.72 Å². The largest absolute Gasteiger partial charge is 0.243 e. The van der Waals surface area contributed by atoms with Gasteiger partial charge in [0.25, 0.3) is 0 Å². The molecular formula is C5H10N2OS. The summed E-state index contributed by atoms with van der Waals surface area (Å²) in [5.74, 6) is 0.603. The van der Waals surface area contributed by atoms with Crippen LogP contribution in [0.25, 0.3) is 0 Å². The van der Waals surface area contributed by atoms with E-state index in [4.69, 9.17) is 5.26 Å². The monoisotopic (exact) mass is 146 g/mol. The van der Waals surface area contributed by atoms with Gasteiger partial charge in [0, 0.05) is 18.7 Å². The Morgan fingerprint density at radius 3 is 2.89 bits per heavy atom. The summed E-state index contributed by atoms with van der Waals surface area (Å²) < 4.78 is 13.3. The molecular weight excluding hydrogens is 136 g/mol. The van der Waals surface area contributed by atoms with Crippen molar-refractivity contribution in [3.8, 4) is 6.07 Å². The van der Waals surface area contributed by atoms with Crippen molar-refractivity contribution in [3.63, 3.8) is 0 Å². The van der Waals surface area contributed by atoms with Crippen molar-refractivity contribution in [2.45, 2.75) is 13.3 Å². The molecule has 0 aromatic carbocycles. The fraction of sp³-hybridized carbons (Fsp3) is 0.800. The summed E-state index contributed by atoms with van der Waals surface area (Å²) in [5.41, 5.74) is 0. The minimum absolute atomic E-state index is 0.422. The second kappa shape index (κ2) is 5.73. The van der Waals surface area contributed by atoms with Gasteiger partial charge >= 0.3 is 0 Å². The summed E-state index contributed by atoms with van der Waals surface area (Å²) in [5, 5.41) is 8.06. The first kappa shape index (κ1) is 8.60. The molecule has 0 bridgehead atoms. The maximum Gasteiger partial charge on any atom is 0.0912 e. The van der Waals surface area contributed by atoms with Crippen molar-refractivity contribution in [1.29, 1.82) is 5.26 Å². The van der Waals surface area contributed by atoms with Gasteiger partial charge in [-0.1, -0.05) is 6.92 Å². The molecule has 9 heavy (non-hydrogen) atoms. The lowest BCUT2D eigenvalue weighted by Crippen LogP contribution is -2.19. The smallest absolute Gasteiger partial charge is 0.0912 e. The highest BCUT2D eigenvalue weighted by atomic mass is 32.2. The van der Waals surface area contributed by atoms with E-state index in [0.717, 1.165) is 0 Å². The first-order valence-electron chi connectivity index (χ1n) is 2.80. The van der Waals surface area contributed by atoms with Crippen LogP contribution in [0.4, 0.5) is 0 Å². The zero-order chi connectivity index (χ0) is 7.11. The van der Waals surface area contributed by atoms with Crippen LogP contribution in [-0.2, 0) is 11.0 Å². The minimum Gasteiger partial charge on any atom is -0.243 e. The fourth-order valence-electron chi connectivity index (χ4n) is 0.323. The molecule has 0 aliphatic carbocycles. The molecule has 0 saturated carbocycles. The molecule has 0 amide bonds. The maximum atomic E-state index is 10.6. The summed E-state index contributed by atoms with van der Waals surface area (Å²) >= 11 is 0. The number of hydrogen-bond acceptors (Lipinski definition) is 2. The van der Waals surface area contributed by atoms with E-state index in [1.165, 1.54) is 0 Å². The number of nitrogens with zero attached hydrogens (tertiary/aromatic N) is 1. The Bertz CT molecular complexity index is 129. The van der Waals surface area contributed by atoms with E-state index in [-0.39, 0.29) is 0 Å². The van der Waals surface area contributed by atoms with Crippen molar-refractivity contribution in [2.75, 3.05) is 12.3 Å². The molecule has 0 radical (unpaired) electrons. The SMILES string of the molecule is CCS(=O)NCCC#N. The highest BCUT2D eigenvalue weighted by molar-refractivity contribution is 7.82. The summed E-state index contributed by atoms with van der Waals surface area (Å²) in [6.45, 7) is 2.35. The molecule has 0 aliphatic rings. The third kappa shape index (κ3) is 5.47. The quantitative estimate of drug-likeness (QED) is 0.575. The number of hydrogen-bond donors (Lipinski definition) is 1. The molecule has 0 fully saturated rings. The molecule has 0 spiro atoms. The normalized spacial score (nSPS) is 12.4. The fourth-order valence-corrected chi connectivity index (χ4v) is 0.857. The molecule has 0 rings (SSSR count). The summed E-state index contributed by atoms with van der Waals surface area (Å²) in [7, 11) is -0.930. The van der Waals surface area contributed by atoms with Gasteiger partial charge in [0.15, 0.2) is 0 Å². The van der Waals surface area contributed by atoms with Crippen LogP contribution in [0.15, 0.2) is 0 Å². The van der Waals surface area contributed by atoms with Gasteiger partial charge in [0.05, 0.1) is 17.1 Å². The first-order chi connectivity index (χ1) is 4.31. The molecule has 0 aromatic heterocycles. The summed E-state index contributed by atoms with van der Waals surface area (Å²) in [4.78, 5) is 0. The van der Waals surface area contributed by atoms with Gasteiger partial charge in [-0.25, -0.2) is 8.93 Å². The van der Waals surface area contributed by atoms with Crippen LogP contribution in [0, 0.1) is 11.3 Å². The second-order valence-electron chi connectivity index (χ2n) is 1.44. The van der Waals surface area contributed by atoms with Crippen LogP contribution in [0.3, 0.4) is 0 Å². The number of nitrogens with one attached hydrogen (secondary N) is 1. The summed E-state index contributed by atoms with van der Waals surface area (Å²) in [6.07, 6.45) is 0.422. The standard InChI is InChI=1S/C5H10N2OS/c1-2-9(8)7-5-3-4-6/h7H,2-3,5H2,1H3. The minimum atomic E-state index is -0.930. The van der Waals surface area contributed by atoms with Gasteiger partial charge in [-0.15, -0.1) is 0 Å².